The van der Waals surface area contributed by atoms with E-state index in [2.05, 4.69) is 19.1 Å². The van der Waals surface area contributed by atoms with Crippen molar-refractivity contribution in [1.82, 2.24) is 0 Å². The molecule has 0 aliphatic heterocycles. The number of rotatable bonds is 10. The largest absolute Gasteiger partial charge is 0.432 e. The van der Waals surface area contributed by atoms with Gasteiger partial charge in [0.05, 0.1) is 11.5 Å². The van der Waals surface area contributed by atoms with E-state index in [9.17, 15) is 13.2 Å². The molecule has 6 heteroatoms. The maximum absolute atomic E-state index is 15.4. The fraction of sp³-hybridized carbons (Fsp3) is 0.649. The second kappa shape index (κ2) is 14.5. The molecule has 0 unspecified atom stereocenters. The molecule has 0 aromatic heterocycles. The molecule has 0 N–H and O–H groups in total. The summed E-state index contributed by atoms with van der Waals surface area (Å²) < 4.78 is 64.0. The van der Waals surface area contributed by atoms with Crippen LogP contribution in [0.5, 0.6) is 5.75 Å². The summed E-state index contributed by atoms with van der Waals surface area (Å²) >= 11 is 0. The fourth-order valence-corrected chi connectivity index (χ4v) is 8.31. The number of nitrogens with zero attached hydrogens (tertiary/aromatic N) is 1. The molecular weight excluding hydrogens is 550 g/mol. The predicted octanol–water partition coefficient (Wildman–Crippen LogP) is 11.4. The lowest BCUT2D eigenvalue weighted by Gasteiger charge is -2.39. The zero-order valence-electron chi connectivity index (χ0n) is 25.6. The Bertz CT molecular complexity index is 1230. The van der Waals surface area contributed by atoms with Crippen LogP contribution in [0.2, 0.25) is 0 Å². The molecule has 0 spiro atoms. The Morgan fingerprint density at radius 3 is 2.02 bits per heavy atom. The van der Waals surface area contributed by atoms with Gasteiger partial charge in [0, 0.05) is 6.07 Å². The summed E-state index contributed by atoms with van der Waals surface area (Å²) in [6, 6.07) is 11.0. The van der Waals surface area contributed by atoms with E-state index in [0.29, 0.717) is 30.6 Å². The van der Waals surface area contributed by atoms with Gasteiger partial charge in [-0.1, -0.05) is 44.7 Å². The topological polar surface area (TPSA) is 33.0 Å². The lowest BCUT2D eigenvalue weighted by atomic mass is 9.68. The van der Waals surface area contributed by atoms with Crippen LogP contribution in [0.25, 0.3) is 0 Å². The highest BCUT2D eigenvalue weighted by Crippen LogP contribution is 2.47. The van der Waals surface area contributed by atoms with Gasteiger partial charge in [0.1, 0.15) is 23.5 Å². The third-order valence-corrected chi connectivity index (χ3v) is 11.0. The minimum Gasteiger partial charge on any atom is -0.432 e. The number of hydrogen-bond acceptors (Lipinski definition) is 2. The first kappa shape index (κ1) is 31.9. The molecule has 0 heterocycles. The highest BCUT2D eigenvalue weighted by atomic mass is 19.3. The molecule has 234 valence electrons. The molecule has 2 aromatic carbocycles. The molecule has 5 rings (SSSR count). The maximum atomic E-state index is 15.4. The molecule has 3 saturated carbocycles. The number of unbranched alkanes of at least 4 members (excludes halogenated alkanes) is 2. The van der Waals surface area contributed by atoms with Crippen LogP contribution < -0.4 is 4.74 Å². The molecule has 0 radical (unpaired) electrons. The van der Waals surface area contributed by atoms with Crippen LogP contribution in [-0.2, 0) is 0 Å². The van der Waals surface area contributed by atoms with Gasteiger partial charge in [0.15, 0.2) is 0 Å². The molecule has 2 aromatic rings. The third-order valence-electron chi connectivity index (χ3n) is 11.0. The molecular formula is C37H47F4NO. The summed E-state index contributed by atoms with van der Waals surface area (Å²) in [5, 5.41) is 8.85. The Labute approximate surface area is 255 Å². The van der Waals surface area contributed by atoms with Gasteiger partial charge < -0.3 is 4.74 Å². The number of ether oxygens (including phenoxy) is 1. The summed E-state index contributed by atoms with van der Waals surface area (Å²) in [4.78, 5) is 0. The highest BCUT2D eigenvalue weighted by molar-refractivity contribution is 5.36. The monoisotopic (exact) mass is 597 g/mol. The van der Waals surface area contributed by atoms with Gasteiger partial charge in [-0.15, -0.1) is 0 Å². The molecule has 3 aliphatic rings. The molecule has 0 amide bonds. The van der Waals surface area contributed by atoms with Gasteiger partial charge in [0.25, 0.3) is 0 Å². The van der Waals surface area contributed by atoms with E-state index in [1.807, 2.05) is 6.07 Å². The zero-order valence-corrected chi connectivity index (χ0v) is 25.6. The van der Waals surface area contributed by atoms with Gasteiger partial charge in [-0.3, -0.25) is 0 Å². The van der Waals surface area contributed by atoms with Crippen molar-refractivity contribution < 1.29 is 22.3 Å². The van der Waals surface area contributed by atoms with E-state index < -0.39 is 17.8 Å². The van der Waals surface area contributed by atoms with Crippen molar-refractivity contribution in [3.05, 3.63) is 64.7 Å². The Hall–Kier alpha value is -2.55. The van der Waals surface area contributed by atoms with Crippen LogP contribution in [0.1, 0.15) is 138 Å². The van der Waals surface area contributed by atoms with E-state index in [4.69, 9.17) is 10.00 Å². The average Bonchev–Trinajstić information content (AvgIpc) is 3.02. The lowest BCUT2D eigenvalue weighted by molar-refractivity contribution is -0.224. The maximum Gasteiger partial charge on any atom is 0.400 e. The fourth-order valence-electron chi connectivity index (χ4n) is 8.31. The van der Waals surface area contributed by atoms with Crippen LogP contribution >= 0.6 is 0 Å². The Morgan fingerprint density at radius 1 is 0.767 bits per heavy atom. The lowest BCUT2D eigenvalue weighted by Crippen LogP contribution is -2.38. The van der Waals surface area contributed by atoms with Gasteiger partial charge >= 0.3 is 6.11 Å². The second-order valence-corrected chi connectivity index (χ2v) is 13.6. The number of benzene rings is 2. The smallest absolute Gasteiger partial charge is 0.400 e. The minimum atomic E-state index is -3.39. The predicted molar refractivity (Wildman–Crippen MR) is 162 cm³/mol. The molecule has 0 bridgehead atoms. The summed E-state index contributed by atoms with van der Waals surface area (Å²) in [6.07, 6.45) is 12.9. The van der Waals surface area contributed by atoms with Crippen molar-refractivity contribution in [2.45, 2.75) is 128 Å². The highest BCUT2D eigenvalue weighted by Gasteiger charge is 2.45. The third kappa shape index (κ3) is 7.95. The van der Waals surface area contributed by atoms with Crippen molar-refractivity contribution in [3.63, 3.8) is 0 Å². The molecule has 2 nitrogen and oxygen atoms in total. The van der Waals surface area contributed by atoms with Gasteiger partial charge in [-0.25, -0.2) is 8.78 Å². The van der Waals surface area contributed by atoms with Crippen molar-refractivity contribution in [2.75, 3.05) is 0 Å². The molecule has 3 aliphatic carbocycles. The van der Waals surface area contributed by atoms with E-state index >= 15 is 4.39 Å². The van der Waals surface area contributed by atoms with Crippen LogP contribution in [0.4, 0.5) is 17.6 Å². The van der Waals surface area contributed by atoms with Crippen LogP contribution in [-0.4, -0.2) is 6.11 Å². The van der Waals surface area contributed by atoms with Crippen molar-refractivity contribution in [3.8, 4) is 11.8 Å². The van der Waals surface area contributed by atoms with E-state index in [1.165, 1.54) is 63.0 Å². The summed E-state index contributed by atoms with van der Waals surface area (Å²) in [6.45, 7) is 2.25. The van der Waals surface area contributed by atoms with Gasteiger partial charge in [-0.2, -0.15) is 14.0 Å². The normalized spacial score (nSPS) is 28.3. The average molecular weight is 598 g/mol. The molecule has 43 heavy (non-hydrogen) atoms. The number of alkyl halides is 2. The van der Waals surface area contributed by atoms with E-state index in [0.717, 1.165) is 62.1 Å². The van der Waals surface area contributed by atoms with E-state index in [-0.39, 0.29) is 23.0 Å². The number of nitriles is 1. The first-order valence-electron chi connectivity index (χ1n) is 16.8. The van der Waals surface area contributed by atoms with Crippen LogP contribution in [0, 0.1) is 46.6 Å². The van der Waals surface area contributed by atoms with Gasteiger partial charge in [-0.05, 0) is 136 Å². The van der Waals surface area contributed by atoms with Crippen molar-refractivity contribution >= 4 is 0 Å². The SMILES string of the molecule is CCCCCC1CCC(c2ccc(C3CCC(C4CCC(C(F)(F)Oc5ccc(C#N)c(F)c5)CC4)CC3)c(F)c2)CC1. The van der Waals surface area contributed by atoms with E-state index in [1.54, 1.807) is 6.07 Å². The number of halogens is 4. The summed E-state index contributed by atoms with van der Waals surface area (Å²) in [7, 11) is 0. The standard InChI is InChI=1S/C37H47F4NO/c1-2-3-4-5-25-6-8-28(9-7-25)30-17-21-34(36(39)22-30)29-12-10-26(11-13-29)27-14-18-32(19-15-27)37(40,41)43-33-20-16-31(24-42)35(38)23-33/h16-17,20-23,25-29,32H,2-15,18-19H2,1H3. The van der Waals surface area contributed by atoms with Crippen LogP contribution in [0.3, 0.4) is 0 Å². The summed E-state index contributed by atoms with van der Waals surface area (Å²) in [5.41, 5.74) is 1.83. The summed E-state index contributed by atoms with van der Waals surface area (Å²) in [5.74, 6) is 0.397. The first-order chi connectivity index (χ1) is 20.8. The minimum absolute atomic E-state index is 0.0455. The van der Waals surface area contributed by atoms with Crippen molar-refractivity contribution in [2.24, 2.45) is 23.7 Å². The Balaban J connectivity index is 1.07. The Morgan fingerprint density at radius 2 is 1.42 bits per heavy atom. The zero-order chi connectivity index (χ0) is 30.4. The molecule has 0 saturated heterocycles. The Kier molecular flexibility index (Phi) is 10.7. The molecule has 3 fully saturated rings. The molecule has 0 atom stereocenters. The second-order valence-electron chi connectivity index (χ2n) is 13.6. The van der Waals surface area contributed by atoms with Crippen molar-refractivity contribution in [1.29, 1.82) is 5.26 Å². The van der Waals surface area contributed by atoms with Crippen LogP contribution in [0.15, 0.2) is 36.4 Å². The van der Waals surface area contributed by atoms with Gasteiger partial charge in [0.2, 0.25) is 0 Å². The first-order valence-corrected chi connectivity index (χ1v) is 16.8. The number of hydrogen-bond donors (Lipinski definition) is 0. The quantitative estimate of drug-likeness (QED) is 0.202.